The fourth-order valence-electron chi connectivity index (χ4n) is 4.47. The molecule has 3 aromatic rings. The van der Waals surface area contributed by atoms with Crippen LogP contribution in [0.15, 0.2) is 60.1 Å². The van der Waals surface area contributed by atoms with E-state index in [-0.39, 0.29) is 12.1 Å². The Labute approximate surface area is 186 Å². The van der Waals surface area contributed by atoms with Crippen molar-refractivity contribution in [2.45, 2.75) is 50.8 Å². The molecule has 1 saturated heterocycles. The number of benzene rings is 1. The van der Waals surface area contributed by atoms with Gasteiger partial charge in [-0.05, 0) is 98.2 Å². The van der Waals surface area contributed by atoms with Gasteiger partial charge in [-0.25, -0.2) is 0 Å². The third-order valence-corrected chi connectivity index (χ3v) is 7.39. The average molecular weight is 436 g/mol. The first kappa shape index (κ1) is 19.5. The van der Waals surface area contributed by atoms with Crippen molar-refractivity contribution in [1.29, 1.82) is 0 Å². The molecule has 0 amide bonds. The van der Waals surface area contributed by atoms with Gasteiger partial charge in [0, 0.05) is 16.8 Å². The van der Waals surface area contributed by atoms with Crippen LogP contribution in [-0.4, -0.2) is 16.2 Å². The number of aromatic nitrogens is 1. The van der Waals surface area contributed by atoms with Gasteiger partial charge in [0.2, 0.25) is 0 Å². The topological polar surface area (TPSA) is 37.4 Å². The Morgan fingerprint density at radius 3 is 2.57 bits per heavy atom. The smallest absolute Gasteiger partial charge is 0.174 e. The molecule has 4 nitrogen and oxygen atoms in total. The van der Waals surface area contributed by atoms with Crippen molar-refractivity contribution >= 4 is 34.4 Å². The van der Waals surface area contributed by atoms with Gasteiger partial charge >= 0.3 is 0 Å². The molecule has 0 bridgehead atoms. The van der Waals surface area contributed by atoms with Crippen molar-refractivity contribution < 1.29 is 4.74 Å². The molecular weight excluding hydrogens is 410 g/mol. The quantitative estimate of drug-likeness (QED) is 0.501. The molecule has 2 fully saturated rings. The molecule has 30 heavy (non-hydrogen) atoms. The predicted molar refractivity (Wildman–Crippen MR) is 126 cm³/mol. The zero-order valence-electron chi connectivity index (χ0n) is 17.0. The maximum absolute atomic E-state index is 6.15. The van der Waals surface area contributed by atoms with E-state index in [0.717, 1.165) is 35.1 Å². The standard InChI is InChI=1S/C24H25N3OS2/c1-16-13-15-30-23(16)22-21(20-8-4-5-14-25-20)26-24(29)27(22)17-9-11-19(12-10-17)28-18-6-2-3-7-18/h4-5,8-15,18,21-22H,2-3,6-7H2,1H3,(H,26,29)/t21-,22-/m1/s1. The van der Waals surface area contributed by atoms with E-state index in [1.54, 1.807) is 11.3 Å². The zero-order valence-corrected chi connectivity index (χ0v) is 18.6. The van der Waals surface area contributed by atoms with Crippen LogP contribution in [0.5, 0.6) is 5.75 Å². The largest absolute Gasteiger partial charge is 0.490 e. The third kappa shape index (κ3) is 3.70. The van der Waals surface area contributed by atoms with Crippen LogP contribution in [-0.2, 0) is 0 Å². The van der Waals surface area contributed by atoms with Gasteiger partial charge in [0.25, 0.3) is 0 Å². The highest BCUT2D eigenvalue weighted by Crippen LogP contribution is 2.44. The minimum Gasteiger partial charge on any atom is -0.490 e. The van der Waals surface area contributed by atoms with Gasteiger partial charge in [0.05, 0.1) is 23.9 Å². The molecular formula is C24H25N3OS2. The molecule has 154 valence electrons. The van der Waals surface area contributed by atoms with Gasteiger partial charge in [0.1, 0.15) is 5.75 Å². The fraction of sp³-hybridized carbons (Fsp3) is 0.333. The summed E-state index contributed by atoms with van der Waals surface area (Å²) >= 11 is 7.58. The summed E-state index contributed by atoms with van der Waals surface area (Å²) in [6.07, 6.45) is 7.07. The third-order valence-electron chi connectivity index (χ3n) is 5.99. The van der Waals surface area contributed by atoms with Crippen molar-refractivity contribution in [1.82, 2.24) is 10.3 Å². The molecule has 5 rings (SSSR count). The van der Waals surface area contributed by atoms with Gasteiger partial charge < -0.3 is 15.0 Å². The number of ether oxygens (including phenoxy) is 1. The Balaban J connectivity index is 1.48. The van der Waals surface area contributed by atoms with E-state index < -0.39 is 0 Å². The highest BCUT2D eigenvalue weighted by Gasteiger charge is 2.41. The SMILES string of the molecule is Cc1ccsc1[C@H]1[C@@H](c2ccccn2)NC(=S)N1c1ccc(OC2CCCC2)cc1. The summed E-state index contributed by atoms with van der Waals surface area (Å²) in [6.45, 7) is 2.17. The van der Waals surface area contributed by atoms with Gasteiger partial charge in [-0.1, -0.05) is 6.07 Å². The van der Waals surface area contributed by atoms with Gasteiger partial charge in [-0.3, -0.25) is 4.98 Å². The van der Waals surface area contributed by atoms with Crippen LogP contribution in [0.1, 0.15) is 53.9 Å². The van der Waals surface area contributed by atoms with Crippen LogP contribution < -0.4 is 15.0 Å². The van der Waals surface area contributed by atoms with Crippen LogP contribution >= 0.6 is 23.6 Å². The zero-order chi connectivity index (χ0) is 20.5. The van der Waals surface area contributed by atoms with Crippen LogP contribution in [0, 0.1) is 6.92 Å². The number of thiophene rings is 1. The van der Waals surface area contributed by atoms with Crippen molar-refractivity contribution in [3.05, 3.63) is 76.2 Å². The lowest BCUT2D eigenvalue weighted by molar-refractivity contribution is 0.210. The molecule has 3 heterocycles. The number of hydrogen-bond donors (Lipinski definition) is 1. The Morgan fingerprint density at radius 2 is 1.90 bits per heavy atom. The molecule has 1 aliphatic carbocycles. The van der Waals surface area contributed by atoms with E-state index in [2.05, 4.69) is 63.9 Å². The molecule has 2 aliphatic rings. The highest BCUT2D eigenvalue weighted by atomic mass is 32.1. The number of hydrogen-bond acceptors (Lipinski definition) is 4. The second kappa shape index (κ2) is 8.36. The molecule has 0 unspecified atom stereocenters. The number of anilines is 1. The van der Waals surface area contributed by atoms with Crippen molar-refractivity contribution in [2.24, 2.45) is 0 Å². The molecule has 1 N–H and O–H groups in total. The van der Waals surface area contributed by atoms with Gasteiger partial charge in [-0.15, -0.1) is 11.3 Å². The minimum atomic E-state index is 0.00506. The number of pyridine rings is 1. The number of thiocarbonyl (C=S) groups is 1. The summed E-state index contributed by atoms with van der Waals surface area (Å²) < 4.78 is 6.15. The molecule has 0 spiro atoms. The predicted octanol–water partition coefficient (Wildman–Crippen LogP) is 5.95. The van der Waals surface area contributed by atoms with Crippen LogP contribution in [0.4, 0.5) is 5.69 Å². The first-order valence-corrected chi connectivity index (χ1v) is 11.8. The summed E-state index contributed by atoms with van der Waals surface area (Å²) in [7, 11) is 0. The number of nitrogens with one attached hydrogen (secondary N) is 1. The Morgan fingerprint density at radius 1 is 1.10 bits per heavy atom. The van der Waals surface area contributed by atoms with Gasteiger partial charge in [-0.2, -0.15) is 0 Å². The molecule has 1 saturated carbocycles. The number of rotatable bonds is 5. The van der Waals surface area contributed by atoms with E-state index >= 15 is 0 Å². The molecule has 1 aliphatic heterocycles. The van der Waals surface area contributed by atoms with Crippen molar-refractivity contribution in [2.75, 3.05) is 4.90 Å². The summed E-state index contributed by atoms with van der Waals surface area (Å²) in [5.41, 5.74) is 3.35. The molecule has 0 radical (unpaired) electrons. The summed E-state index contributed by atoms with van der Waals surface area (Å²) in [4.78, 5) is 8.16. The molecule has 1 aromatic carbocycles. The van der Waals surface area contributed by atoms with Crippen LogP contribution in [0.2, 0.25) is 0 Å². The number of aryl methyl sites for hydroxylation is 1. The fourth-order valence-corrected chi connectivity index (χ4v) is 5.87. The Hall–Kier alpha value is -2.44. The highest BCUT2D eigenvalue weighted by molar-refractivity contribution is 7.80. The first-order chi connectivity index (χ1) is 14.7. The second-order valence-electron chi connectivity index (χ2n) is 7.98. The maximum Gasteiger partial charge on any atom is 0.174 e. The second-order valence-corrected chi connectivity index (χ2v) is 9.32. The molecule has 6 heteroatoms. The van der Waals surface area contributed by atoms with E-state index in [4.69, 9.17) is 17.0 Å². The Kier molecular flexibility index (Phi) is 5.44. The number of nitrogens with zero attached hydrogens (tertiary/aromatic N) is 2. The lowest BCUT2D eigenvalue weighted by Crippen LogP contribution is -2.29. The van der Waals surface area contributed by atoms with E-state index in [1.165, 1.54) is 23.3 Å². The van der Waals surface area contributed by atoms with E-state index in [9.17, 15) is 0 Å². The Bertz CT molecular complexity index is 1010. The van der Waals surface area contributed by atoms with E-state index in [1.807, 2.05) is 18.3 Å². The average Bonchev–Trinajstić information content (AvgIpc) is 3.50. The molecule has 2 atom stereocenters. The van der Waals surface area contributed by atoms with Crippen molar-refractivity contribution in [3.8, 4) is 5.75 Å². The lowest BCUT2D eigenvalue weighted by Gasteiger charge is -2.28. The summed E-state index contributed by atoms with van der Waals surface area (Å²) in [5, 5.41) is 6.41. The van der Waals surface area contributed by atoms with Gasteiger partial charge in [0.15, 0.2) is 5.11 Å². The first-order valence-electron chi connectivity index (χ1n) is 10.5. The summed E-state index contributed by atoms with van der Waals surface area (Å²) in [6, 6.07) is 16.7. The van der Waals surface area contributed by atoms with Crippen molar-refractivity contribution in [3.63, 3.8) is 0 Å². The van der Waals surface area contributed by atoms with E-state index in [0.29, 0.717) is 6.10 Å². The minimum absolute atomic E-state index is 0.00506. The lowest BCUT2D eigenvalue weighted by atomic mass is 10.0. The monoisotopic (exact) mass is 435 g/mol. The maximum atomic E-state index is 6.15. The summed E-state index contributed by atoms with van der Waals surface area (Å²) in [5.74, 6) is 0.939. The normalized spacial score (nSPS) is 21.8. The van der Waals surface area contributed by atoms with Crippen LogP contribution in [0.3, 0.4) is 0 Å². The molecule has 2 aromatic heterocycles. The van der Waals surface area contributed by atoms with Crippen LogP contribution in [0.25, 0.3) is 0 Å².